The van der Waals surface area contributed by atoms with Crippen molar-refractivity contribution in [1.29, 1.82) is 0 Å². The van der Waals surface area contributed by atoms with Gasteiger partial charge < -0.3 is 0 Å². The van der Waals surface area contributed by atoms with Crippen LogP contribution in [-0.4, -0.2) is 12.4 Å². The van der Waals surface area contributed by atoms with Crippen molar-refractivity contribution < 1.29 is 92.0 Å². The summed E-state index contributed by atoms with van der Waals surface area (Å²) in [5.74, 6) is -70.8. The highest BCUT2D eigenvalue weighted by atomic mass is 32.2. The predicted octanol–water partition coefficient (Wildman–Crippen LogP) is 9.53. The standard InChI is InChI=1S/C24BF20.C15H17OS/c26-5-1(6(27)14(35)21(42)13(5)34)25(2-7(28)15(36)22(43)16(37)8(2)29,3-9(30)17(38)23(44)18(39)10(3)31)4-11(32)19(40)24(45)20(41)12(4)33;1-13-8-10-14(11-9-13)12-17(2,16)15-6-4-3-5-7-15/h;3-11H,12H2,1-2H3/q-1;+1. The van der Waals surface area contributed by atoms with Gasteiger partial charge in [0.1, 0.15) is 74.6 Å². The molecule has 0 saturated heterocycles. The summed E-state index contributed by atoms with van der Waals surface area (Å²) in [5, 5.41) is 0. The van der Waals surface area contributed by atoms with E-state index in [1.54, 1.807) is 0 Å². The lowest BCUT2D eigenvalue weighted by atomic mass is 9.12. The molecule has 6 rings (SSSR count). The SMILES string of the molecule is Cc1ccc(C[S+](C)(=O)c2ccccc2)cc1.Fc1c(F)c(F)c([B-](c2c(F)c(F)c(F)c(F)c2F)(c2c(F)c(F)c(F)c(F)c2F)c2c(F)c(F)c(F)c(F)c2F)c(F)c1F. The van der Waals surface area contributed by atoms with Crippen molar-refractivity contribution in [2.24, 2.45) is 0 Å². The summed E-state index contributed by atoms with van der Waals surface area (Å²) in [5.41, 5.74) is -12.0. The monoisotopic (exact) mass is 924 g/mol. The van der Waals surface area contributed by atoms with Crippen LogP contribution >= 0.6 is 0 Å². The van der Waals surface area contributed by atoms with Gasteiger partial charge in [0, 0.05) is 5.56 Å². The molecule has 0 aliphatic carbocycles. The van der Waals surface area contributed by atoms with Crippen LogP contribution in [0, 0.1) is 123 Å². The van der Waals surface area contributed by atoms with E-state index in [0.29, 0.717) is 5.75 Å². The fraction of sp³-hybridized carbons (Fsp3) is 0.0769. The first-order valence-electron chi connectivity index (χ1n) is 16.6. The van der Waals surface area contributed by atoms with Gasteiger partial charge in [-0.2, -0.15) is 0 Å². The number of hydrogen-bond acceptors (Lipinski definition) is 1. The number of hydrogen-bond donors (Lipinski definition) is 0. The number of benzene rings is 6. The van der Waals surface area contributed by atoms with Crippen molar-refractivity contribution in [3.05, 3.63) is 182 Å². The van der Waals surface area contributed by atoms with Crippen LogP contribution in [0.2, 0.25) is 0 Å². The van der Waals surface area contributed by atoms with Crippen LogP contribution in [0.15, 0.2) is 59.5 Å². The van der Waals surface area contributed by atoms with Gasteiger partial charge in [-0.15, -0.1) is 21.9 Å². The molecule has 0 aliphatic heterocycles. The first kappa shape index (κ1) is 47.2. The number of aryl methyl sites for hydroxylation is 1. The van der Waals surface area contributed by atoms with Crippen LogP contribution in [0.5, 0.6) is 0 Å². The van der Waals surface area contributed by atoms with E-state index in [0.717, 1.165) is 10.5 Å². The van der Waals surface area contributed by atoms with Gasteiger partial charge in [-0.25, -0.2) is 87.8 Å². The van der Waals surface area contributed by atoms with Crippen LogP contribution in [-0.2, 0) is 19.9 Å². The molecular weight excluding hydrogens is 907 g/mol. The Balaban J connectivity index is 0.000000355. The van der Waals surface area contributed by atoms with Crippen molar-refractivity contribution in [3.8, 4) is 0 Å². The molecule has 0 fully saturated rings. The lowest BCUT2D eigenvalue weighted by Gasteiger charge is -2.44. The van der Waals surface area contributed by atoms with Gasteiger partial charge in [-0.05, 0) is 19.1 Å². The Morgan fingerprint density at radius 3 is 0.823 bits per heavy atom. The van der Waals surface area contributed by atoms with Crippen molar-refractivity contribution in [1.82, 2.24) is 0 Å². The van der Waals surface area contributed by atoms with Crippen LogP contribution in [0.25, 0.3) is 0 Å². The highest BCUT2D eigenvalue weighted by Gasteiger charge is 2.52. The molecular formula is C39H17BF20OS. The zero-order chi connectivity index (χ0) is 46.7. The third-order valence-corrected chi connectivity index (χ3v) is 11.7. The zero-order valence-electron chi connectivity index (χ0n) is 30.4. The first-order valence-corrected chi connectivity index (χ1v) is 18.7. The molecule has 6 aromatic rings. The van der Waals surface area contributed by atoms with Gasteiger partial charge in [0.25, 0.3) is 0 Å². The molecule has 6 aromatic carbocycles. The van der Waals surface area contributed by atoms with E-state index < -0.39 is 154 Å². The van der Waals surface area contributed by atoms with E-state index in [4.69, 9.17) is 0 Å². The molecule has 1 atom stereocenters. The topological polar surface area (TPSA) is 17.1 Å². The average Bonchev–Trinajstić information content (AvgIpc) is 3.24. The normalized spacial score (nSPS) is 12.6. The Bertz CT molecular complexity index is 2440. The highest BCUT2D eigenvalue weighted by Crippen LogP contribution is 2.31. The van der Waals surface area contributed by atoms with Gasteiger partial charge in [0.2, 0.25) is 0 Å². The maximum Gasteiger partial charge on any atom is 0.200 e. The molecule has 62 heavy (non-hydrogen) atoms. The molecule has 0 heterocycles. The summed E-state index contributed by atoms with van der Waals surface area (Å²) in [6.45, 7) is 2.06. The van der Waals surface area contributed by atoms with Gasteiger partial charge in [0.05, 0.1) is 0 Å². The second-order valence-electron chi connectivity index (χ2n) is 13.2. The first-order chi connectivity index (χ1) is 28.8. The van der Waals surface area contributed by atoms with Crippen LogP contribution in [0.3, 0.4) is 0 Å². The minimum Gasteiger partial charge on any atom is -0.207 e. The maximum atomic E-state index is 15.4. The molecule has 23 heteroatoms. The number of rotatable bonds is 7. The summed E-state index contributed by atoms with van der Waals surface area (Å²) in [6.07, 6.45) is -5.38. The lowest BCUT2D eigenvalue weighted by molar-refractivity contribution is 0.378. The van der Waals surface area contributed by atoms with E-state index in [1.165, 1.54) is 5.56 Å². The highest BCUT2D eigenvalue weighted by molar-refractivity contribution is 8.01. The Morgan fingerprint density at radius 2 is 0.581 bits per heavy atom. The molecule has 1 unspecified atom stereocenters. The number of halogens is 20. The largest absolute Gasteiger partial charge is 0.207 e. The summed E-state index contributed by atoms with van der Waals surface area (Å²) in [4.78, 5) is 0.931. The van der Waals surface area contributed by atoms with E-state index in [1.807, 2.05) is 36.6 Å². The summed E-state index contributed by atoms with van der Waals surface area (Å²) >= 11 is 0. The second kappa shape index (κ2) is 17.1. The summed E-state index contributed by atoms with van der Waals surface area (Å²) in [7, 11) is -1.98. The average molecular weight is 924 g/mol. The van der Waals surface area contributed by atoms with E-state index in [-0.39, 0.29) is 0 Å². The molecule has 0 aliphatic rings. The molecule has 0 aromatic heterocycles. The predicted molar refractivity (Wildman–Crippen MR) is 183 cm³/mol. The molecule has 0 saturated carbocycles. The van der Waals surface area contributed by atoms with Gasteiger partial charge >= 0.3 is 0 Å². The van der Waals surface area contributed by atoms with Crippen molar-refractivity contribution in [3.63, 3.8) is 0 Å². The summed E-state index contributed by atoms with van der Waals surface area (Å²) in [6, 6.07) is 18.0. The van der Waals surface area contributed by atoms with E-state index >= 15 is 35.1 Å². The van der Waals surface area contributed by atoms with Crippen LogP contribution < -0.4 is 21.9 Å². The summed E-state index contributed by atoms with van der Waals surface area (Å²) < 4.78 is 307. The van der Waals surface area contributed by atoms with Crippen LogP contribution in [0.4, 0.5) is 87.8 Å². The zero-order valence-corrected chi connectivity index (χ0v) is 31.2. The minimum atomic E-state index is -7.22. The Labute approximate surface area is 335 Å². The van der Waals surface area contributed by atoms with Gasteiger partial charge in [-0.1, -0.05) is 52.2 Å². The fourth-order valence-corrected chi connectivity index (χ4v) is 8.40. The lowest BCUT2D eigenvalue weighted by Crippen LogP contribution is -2.81. The minimum absolute atomic E-state index is 0.608. The van der Waals surface area contributed by atoms with Crippen molar-refractivity contribution in [2.75, 3.05) is 6.26 Å². The molecule has 0 amide bonds. The van der Waals surface area contributed by atoms with Gasteiger partial charge in [-0.3, -0.25) is 0 Å². The van der Waals surface area contributed by atoms with Crippen molar-refractivity contribution >= 4 is 37.9 Å². The van der Waals surface area contributed by atoms with Crippen molar-refractivity contribution in [2.45, 2.75) is 17.6 Å². The Morgan fingerprint density at radius 1 is 0.355 bits per heavy atom. The molecule has 328 valence electrons. The molecule has 1 nitrogen and oxygen atoms in total. The van der Waals surface area contributed by atoms with E-state index in [9.17, 15) is 56.9 Å². The van der Waals surface area contributed by atoms with Gasteiger partial charge in [0.15, 0.2) is 74.7 Å². The maximum absolute atomic E-state index is 15.4. The molecule has 0 radical (unpaired) electrons. The Hall–Kier alpha value is -5.87. The van der Waals surface area contributed by atoms with E-state index in [2.05, 4.69) is 31.2 Å². The third-order valence-electron chi connectivity index (χ3n) is 9.51. The quantitative estimate of drug-likeness (QED) is 0.0513. The smallest absolute Gasteiger partial charge is 0.200 e. The Kier molecular flexibility index (Phi) is 13.0. The fourth-order valence-electron chi connectivity index (χ4n) is 6.67. The molecule has 0 N–H and O–H groups in total. The molecule has 0 spiro atoms. The molecule has 0 bridgehead atoms. The van der Waals surface area contributed by atoms with Crippen LogP contribution in [0.1, 0.15) is 11.1 Å². The third kappa shape index (κ3) is 7.46. The second-order valence-corrected chi connectivity index (χ2v) is 16.0.